The van der Waals surface area contributed by atoms with Gasteiger partial charge in [-0.05, 0) is 6.92 Å². The second-order valence-electron chi connectivity index (χ2n) is 3.85. The highest BCUT2D eigenvalue weighted by molar-refractivity contribution is 6.51. The fraction of sp³-hybridized carbons (Fsp3) is 0.182. The topological polar surface area (TPSA) is 69.7 Å². The molecule has 0 saturated heterocycles. The number of aromatic nitrogens is 4. The molecule has 0 spiro atoms. The van der Waals surface area contributed by atoms with Crippen LogP contribution in [0.4, 0.5) is 17.5 Å². The van der Waals surface area contributed by atoms with Crippen LogP contribution in [0.15, 0.2) is 18.6 Å². The minimum atomic E-state index is 0.276. The van der Waals surface area contributed by atoms with Gasteiger partial charge in [-0.2, -0.15) is 15.1 Å². The van der Waals surface area contributed by atoms with Crippen molar-refractivity contribution < 1.29 is 0 Å². The van der Waals surface area contributed by atoms with E-state index >= 15 is 0 Å². The van der Waals surface area contributed by atoms with Crippen molar-refractivity contribution in [3.8, 4) is 0 Å². The summed E-state index contributed by atoms with van der Waals surface area (Å²) in [5, 5.41) is 12.0. The summed E-state index contributed by atoms with van der Waals surface area (Å²) < 4.78 is 1.79. The van der Waals surface area contributed by atoms with Crippen LogP contribution in [0, 0.1) is 0 Å². The lowest BCUT2D eigenvalue weighted by molar-refractivity contribution is 0.660. The number of fused-ring (bicyclic) bond motifs is 1. The Morgan fingerprint density at radius 1 is 1.32 bits per heavy atom. The number of nitrogens with zero attached hydrogens (tertiary/aromatic N) is 5. The quantitative estimate of drug-likeness (QED) is 0.884. The third-order valence-corrected chi connectivity index (χ3v) is 3.16. The Morgan fingerprint density at radius 3 is 2.89 bits per heavy atom. The molecule has 0 atom stereocenters. The molecule has 2 aromatic heterocycles. The van der Waals surface area contributed by atoms with Gasteiger partial charge < -0.3 is 5.32 Å². The number of hydrogen-bond acceptors (Lipinski definition) is 4. The summed E-state index contributed by atoms with van der Waals surface area (Å²) >= 11 is 12.0. The summed E-state index contributed by atoms with van der Waals surface area (Å²) in [5.41, 5.74) is 1.35. The summed E-state index contributed by atoms with van der Waals surface area (Å²) in [7, 11) is 0. The molecule has 3 heterocycles. The molecule has 0 aromatic carbocycles. The van der Waals surface area contributed by atoms with Gasteiger partial charge in [0.05, 0.1) is 22.5 Å². The molecule has 1 N–H and O–H groups in total. The van der Waals surface area contributed by atoms with Gasteiger partial charge in [-0.15, -0.1) is 0 Å². The molecule has 0 saturated carbocycles. The number of rotatable bonds is 3. The molecule has 0 bridgehead atoms. The number of aryl methyl sites for hydroxylation is 1. The first kappa shape index (κ1) is 12.3. The molecule has 0 amide bonds. The Bertz CT molecular complexity index is 663. The lowest BCUT2D eigenvalue weighted by Gasteiger charge is -2.05. The van der Waals surface area contributed by atoms with E-state index in [9.17, 15) is 0 Å². The Morgan fingerprint density at radius 2 is 2.16 bits per heavy atom. The minimum Gasteiger partial charge on any atom is -0.321 e. The predicted octanol–water partition coefficient (Wildman–Crippen LogP) is 2.88. The number of hydrogen-bond donors (Lipinski definition) is 1. The minimum absolute atomic E-state index is 0.276. The summed E-state index contributed by atoms with van der Waals surface area (Å²) in [4.78, 5) is 8.39. The van der Waals surface area contributed by atoms with Crippen molar-refractivity contribution >= 4 is 45.7 Å². The van der Waals surface area contributed by atoms with Crippen molar-refractivity contribution in [2.75, 3.05) is 5.32 Å². The molecule has 0 unspecified atom stereocenters. The van der Waals surface area contributed by atoms with Gasteiger partial charge in [-0.3, -0.25) is 4.68 Å². The third kappa shape index (κ3) is 2.24. The van der Waals surface area contributed by atoms with E-state index in [-0.39, 0.29) is 5.15 Å². The van der Waals surface area contributed by atoms with Gasteiger partial charge in [0, 0.05) is 18.9 Å². The van der Waals surface area contributed by atoms with Gasteiger partial charge in [0.1, 0.15) is 5.15 Å². The van der Waals surface area contributed by atoms with Gasteiger partial charge >= 0.3 is 0 Å². The smallest absolute Gasteiger partial charge is 0.230 e. The van der Waals surface area contributed by atoms with Crippen LogP contribution in [0.2, 0.25) is 5.15 Å². The SMILES string of the molecule is CCn1cc(Nc2nc(Cl)c3c(n2)[N]C=C3Cl)cn1. The first-order chi connectivity index (χ1) is 9.17. The summed E-state index contributed by atoms with van der Waals surface area (Å²) in [5.74, 6) is 0.832. The molecule has 3 rings (SSSR count). The highest BCUT2D eigenvalue weighted by Crippen LogP contribution is 2.36. The monoisotopic (exact) mass is 295 g/mol. The van der Waals surface area contributed by atoms with Crippen LogP contribution < -0.4 is 10.6 Å². The normalized spacial score (nSPS) is 12.9. The van der Waals surface area contributed by atoms with Crippen LogP contribution in [0.5, 0.6) is 0 Å². The summed E-state index contributed by atoms with van der Waals surface area (Å²) in [6.45, 7) is 2.80. The van der Waals surface area contributed by atoms with E-state index in [2.05, 4.69) is 25.7 Å². The van der Waals surface area contributed by atoms with E-state index in [1.165, 1.54) is 6.20 Å². The third-order valence-electron chi connectivity index (χ3n) is 2.60. The van der Waals surface area contributed by atoms with Crippen molar-refractivity contribution in [2.24, 2.45) is 0 Å². The molecule has 19 heavy (non-hydrogen) atoms. The molecule has 2 aromatic rings. The van der Waals surface area contributed by atoms with E-state index in [0.29, 0.717) is 22.4 Å². The van der Waals surface area contributed by atoms with Gasteiger partial charge in [-0.25, -0.2) is 5.32 Å². The van der Waals surface area contributed by atoms with Crippen LogP contribution in [-0.2, 0) is 6.54 Å². The van der Waals surface area contributed by atoms with Gasteiger partial charge in [-0.1, -0.05) is 23.2 Å². The lowest BCUT2D eigenvalue weighted by Crippen LogP contribution is -2.00. The van der Waals surface area contributed by atoms with E-state index in [4.69, 9.17) is 23.2 Å². The highest BCUT2D eigenvalue weighted by Gasteiger charge is 2.21. The van der Waals surface area contributed by atoms with Crippen molar-refractivity contribution in [1.82, 2.24) is 25.1 Å². The molecular formula is C11H9Cl2N6. The van der Waals surface area contributed by atoms with Crippen LogP contribution in [-0.4, -0.2) is 19.7 Å². The molecule has 1 aliphatic rings. The first-order valence-corrected chi connectivity index (χ1v) is 6.37. The Hall–Kier alpha value is -1.79. The molecule has 6 nitrogen and oxygen atoms in total. The zero-order valence-electron chi connectivity index (χ0n) is 9.93. The van der Waals surface area contributed by atoms with Crippen molar-refractivity contribution in [3.05, 3.63) is 29.3 Å². The number of nitrogens with one attached hydrogen (secondary N) is 1. The molecule has 0 fully saturated rings. The maximum absolute atomic E-state index is 6.07. The molecule has 1 aliphatic heterocycles. The van der Waals surface area contributed by atoms with E-state index in [1.54, 1.807) is 10.9 Å². The highest BCUT2D eigenvalue weighted by atomic mass is 35.5. The maximum atomic E-state index is 6.07. The second-order valence-corrected chi connectivity index (χ2v) is 4.62. The lowest BCUT2D eigenvalue weighted by atomic mass is 10.3. The molecule has 8 heteroatoms. The van der Waals surface area contributed by atoms with Gasteiger partial charge in [0.15, 0.2) is 5.82 Å². The average Bonchev–Trinajstić information content (AvgIpc) is 2.97. The zero-order valence-corrected chi connectivity index (χ0v) is 11.4. The molecule has 0 aliphatic carbocycles. The standard InChI is InChI=1S/C11H9Cl2N6/c1-2-19-5-6(3-15-19)16-11-17-9(13)8-7(12)4-14-10(8)18-11/h3-5H,2H2,1H3,(H,16,17,18). The van der Waals surface area contributed by atoms with Crippen LogP contribution in [0.1, 0.15) is 12.5 Å². The van der Waals surface area contributed by atoms with Gasteiger partial charge in [0.25, 0.3) is 0 Å². The average molecular weight is 296 g/mol. The van der Waals surface area contributed by atoms with Crippen molar-refractivity contribution in [2.45, 2.75) is 13.5 Å². The first-order valence-electron chi connectivity index (χ1n) is 5.61. The summed E-state index contributed by atoms with van der Waals surface area (Å²) in [6, 6.07) is 0. The van der Waals surface area contributed by atoms with E-state index in [0.717, 1.165) is 12.2 Å². The predicted molar refractivity (Wildman–Crippen MR) is 73.8 cm³/mol. The van der Waals surface area contributed by atoms with Crippen molar-refractivity contribution in [3.63, 3.8) is 0 Å². The fourth-order valence-corrected chi connectivity index (χ4v) is 2.23. The zero-order chi connectivity index (χ0) is 13.4. The Labute approximate surface area is 119 Å². The summed E-state index contributed by atoms with van der Waals surface area (Å²) in [6.07, 6.45) is 5.05. The van der Waals surface area contributed by atoms with Gasteiger partial charge in [0.2, 0.25) is 5.95 Å². The van der Waals surface area contributed by atoms with E-state index in [1.807, 2.05) is 13.1 Å². The maximum Gasteiger partial charge on any atom is 0.230 e. The van der Waals surface area contributed by atoms with E-state index < -0.39 is 0 Å². The Balaban J connectivity index is 1.89. The van der Waals surface area contributed by atoms with Crippen molar-refractivity contribution in [1.29, 1.82) is 0 Å². The largest absolute Gasteiger partial charge is 0.321 e. The molecule has 1 radical (unpaired) electrons. The molecule has 97 valence electrons. The second kappa shape index (κ2) is 4.71. The fourth-order valence-electron chi connectivity index (χ4n) is 1.69. The van der Waals surface area contributed by atoms with Crippen LogP contribution in [0.25, 0.3) is 5.03 Å². The number of anilines is 2. The van der Waals surface area contributed by atoms with Crippen LogP contribution >= 0.6 is 23.2 Å². The number of halogens is 2. The Kier molecular flexibility index (Phi) is 3.04. The van der Waals surface area contributed by atoms with Crippen LogP contribution in [0.3, 0.4) is 0 Å². The molecular weight excluding hydrogens is 287 g/mol.